The Bertz CT molecular complexity index is 565. The van der Waals surface area contributed by atoms with Gasteiger partial charge in [0, 0.05) is 51.4 Å². The molecule has 0 spiro atoms. The number of aryl methyl sites for hydroxylation is 1. The number of likely N-dealkylation sites (tertiary alicyclic amines) is 1. The Balaban J connectivity index is 1.59. The van der Waals surface area contributed by atoms with E-state index in [2.05, 4.69) is 19.5 Å². The van der Waals surface area contributed by atoms with E-state index in [0.717, 1.165) is 32.7 Å². The highest BCUT2D eigenvalue weighted by molar-refractivity contribution is 4.99. The lowest BCUT2D eigenvalue weighted by atomic mass is 9.99. The van der Waals surface area contributed by atoms with Gasteiger partial charge >= 0.3 is 0 Å². The van der Waals surface area contributed by atoms with Crippen LogP contribution >= 0.6 is 0 Å². The van der Waals surface area contributed by atoms with Crippen LogP contribution in [0.3, 0.4) is 0 Å². The molecule has 0 aromatic carbocycles. The van der Waals surface area contributed by atoms with E-state index in [0.29, 0.717) is 6.04 Å². The molecule has 1 atom stereocenters. The first-order valence-electron chi connectivity index (χ1n) is 8.56. The van der Waals surface area contributed by atoms with Crippen LogP contribution in [-0.2, 0) is 24.4 Å². The summed E-state index contributed by atoms with van der Waals surface area (Å²) >= 11 is 0. The van der Waals surface area contributed by atoms with Gasteiger partial charge in [0.15, 0.2) is 0 Å². The van der Waals surface area contributed by atoms with Crippen molar-refractivity contribution in [2.45, 2.75) is 51.4 Å². The van der Waals surface area contributed by atoms with Gasteiger partial charge in [-0.3, -0.25) is 9.58 Å². The van der Waals surface area contributed by atoms with E-state index in [1.807, 2.05) is 35.7 Å². The summed E-state index contributed by atoms with van der Waals surface area (Å²) in [6.07, 6.45) is 12.9. The maximum absolute atomic E-state index is 5.19. The Labute approximate surface area is 138 Å². The van der Waals surface area contributed by atoms with Gasteiger partial charge in [-0.25, -0.2) is 4.98 Å². The van der Waals surface area contributed by atoms with Crippen molar-refractivity contribution >= 4 is 0 Å². The fourth-order valence-corrected chi connectivity index (χ4v) is 3.39. The van der Waals surface area contributed by atoms with Gasteiger partial charge in [0.2, 0.25) is 0 Å². The molecule has 0 amide bonds. The Morgan fingerprint density at radius 3 is 3.09 bits per heavy atom. The molecule has 1 unspecified atom stereocenters. The van der Waals surface area contributed by atoms with Crippen LogP contribution in [0.4, 0.5) is 0 Å². The van der Waals surface area contributed by atoms with Gasteiger partial charge in [0.05, 0.1) is 18.6 Å². The molecule has 1 fully saturated rings. The van der Waals surface area contributed by atoms with Crippen LogP contribution in [0.25, 0.3) is 0 Å². The van der Waals surface area contributed by atoms with Crippen molar-refractivity contribution in [3.05, 3.63) is 36.7 Å². The fourth-order valence-electron chi connectivity index (χ4n) is 3.39. The van der Waals surface area contributed by atoms with Crippen LogP contribution in [0.1, 0.15) is 31.4 Å². The normalized spacial score (nSPS) is 19.3. The van der Waals surface area contributed by atoms with Crippen molar-refractivity contribution in [2.75, 3.05) is 20.3 Å². The van der Waals surface area contributed by atoms with Gasteiger partial charge in [-0.2, -0.15) is 5.10 Å². The lowest BCUT2D eigenvalue weighted by Crippen LogP contribution is -2.40. The molecule has 126 valence electrons. The van der Waals surface area contributed by atoms with Crippen molar-refractivity contribution < 1.29 is 4.74 Å². The molecular weight excluding hydrogens is 290 g/mol. The van der Waals surface area contributed by atoms with Gasteiger partial charge in [0.25, 0.3) is 0 Å². The molecule has 0 saturated carbocycles. The molecule has 0 N–H and O–H groups in total. The Morgan fingerprint density at radius 2 is 2.26 bits per heavy atom. The van der Waals surface area contributed by atoms with E-state index in [4.69, 9.17) is 4.74 Å². The predicted octanol–water partition coefficient (Wildman–Crippen LogP) is 2.17. The molecule has 2 aromatic heterocycles. The SMILES string of the molecule is COCCn1cncc1CN1CCCCC1CCn1cccn1. The zero-order valence-electron chi connectivity index (χ0n) is 14.0. The number of imidazole rings is 1. The second kappa shape index (κ2) is 8.26. The quantitative estimate of drug-likeness (QED) is 0.749. The minimum absolute atomic E-state index is 0.638. The summed E-state index contributed by atoms with van der Waals surface area (Å²) in [5.41, 5.74) is 1.29. The van der Waals surface area contributed by atoms with E-state index in [1.165, 1.54) is 31.5 Å². The summed E-state index contributed by atoms with van der Waals surface area (Å²) in [4.78, 5) is 6.94. The number of hydrogen-bond donors (Lipinski definition) is 0. The lowest BCUT2D eigenvalue weighted by Gasteiger charge is -2.35. The maximum atomic E-state index is 5.19. The number of ether oxygens (including phenoxy) is 1. The molecule has 1 aliphatic heterocycles. The van der Waals surface area contributed by atoms with Crippen molar-refractivity contribution in [1.29, 1.82) is 0 Å². The molecule has 2 aromatic rings. The van der Waals surface area contributed by atoms with Crippen molar-refractivity contribution in [3.63, 3.8) is 0 Å². The number of aromatic nitrogens is 4. The fraction of sp³-hybridized carbons (Fsp3) is 0.647. The first-order chi connectivity index (χ1) is 11.4. The van der Waals surface area contributed by atoms with Gasteiger partial charge in [-0.05, 0) is 31.9 Å². The third kappa shape index (κ3) is 4.42. The molecule has 0 bridgehead atoms. The standard InChI is InChI=1S/C17H27N5O/c1-23-12-11-21-15-18-13-17(21)14-20-8-3-2-5-16(20)6-10-22-9-4-7-19-22/h4,7,9,13,15-16H,2-3,5-6,8,10-12,14H2,1H3. The van der Waals surface area contributed by atoms with Crippen LogP contribution in [0.5, 0.6) is 0 Å². The average Bonchev–Trinajstić information content (AvgIpc) is 3.24. The molecule has 3 rings (SSSR count). The minimum Gasteiger partial charge on any atom is -0.383 e. The summed E-state index contributed by atoms with van der Waals surface area (Å²) in [5, 5.41) is 4.32. The molecule has 3 heterocycles. The highest BCUT2D eigenvalue weighted by Crippen LogP contribution is 2.22. The Morgan fingerprint density at radius 1 is 1.30 bits per heavy atom. The highest BCUT2D eigenvalue weighted by Gasteiger charge is 2.23. The van der Waals surface area contributed by atoms with Crippen molar-refractivity contribution in [1.82, 2.24) is 24.2 Å². The number of methoxy groups -OCH3 is 1. The summed E-state index contributed by atoms with van der Waals surface area (Å²) in [6, 6.07) is 2.63. The minimum atomic E-state index is 0.638. The number of hydrogen-bond acceptors (Lipinski definition) is 4. The van der Waals surface area contributed by atoms with Gasteiger partial charge in [-0.1, -0.05) is 6.42 Å². The summed E-state index contributed by atoms with van der Waals surface area (Å²) in [6.45, 7) is 4.76. The highest BCUT2D eigenvalue weighted by atomic mass is 16.5. The molecule has 23 heavy (non-hydrogen) atoms. The summed E-state index contributed by atoms with van der Waals surface area (Å²) in [5.74, 6) is 0. The topological polar surface area (TPSA) is 48.1 Å². The van der Waals surface area contributed by atoms with E-state index >= 15 is 0 Å². The van der Waals surface area contributed by atoms with Gasteiger partial charge in [0.1, 0.15) is 0 Å². The van der Waals surface area contributed by atoms with Crippen LogP contribution in [-0.4, -0.2) is 50.5 Å². The van der Waals surface area contributed by atoms with E-state index in [9.17, 15) is 0 Å². The predicted molar refractivity (Wildman–Crippen MR) is 89.0 cm³/mol. The summed E-state index contributed by atoms with van der Waals surface area (Å²) in [7, 11) is 1.74. The first kappa shape index (κ1) is 16.2. The zero-order chi connectivity index (χ0) is 15.9. The number of piperidine rings is 1. The molecular formula is C17H27N5O. The van der Waals surface area contributed by atoms with Crippen LogP contribution in [0, 0.1) is 0 Å². The van der Waals surface area contributed by atoms with Crippen LogP contribution in [0.2, 0.25) is 0 Å². The smallest absolute Gasteiger partial charge is 0.0949 e. The van der Waals surface area contributed by atoms with Gasteiger partial charge in [-0.15, -0.1) is 0 Å². The number of rotatable bonds is 8. The monoisotopic (exact) mass is 317 g/mol. The van der Waals surface area contributed by atoms with Crippen molar-refractivity contribution in [2.24, 2.45) is 0 Å². The lowest BCUT2D eigenvalue weighted by molar-refractivity contribution is 0.122. The molecule has 1 saturated heterocycles. The van der Waals surface area contributed by atoms with Crippen LogP contribution < -0.4 is 0 Å². The first-order valence-corrected chi connectivity index (χ1v) is 8.56. The zero-order valence-corrected chi connectivity index (χ0v) is 14.0. The van der Waals surface area contributed by atoms with E-state index in [-0.39, 0.29) is 0 Å². The molecule has 0 radical (unpaired) electrons. The largest absolute Gasteiger partial charge is 0.383 e. The molecule has 6 heteroatoms. The van der Waals surface area contributed by atoms with Crippen LogP contribution in [0.15, 0.2) is 31.0 Å². The van der Waals surface area contributed by atoms with E-state index in [1.54, 1.807) is 7.11 Å². The Kier molecular flexibility index (Phi) is 5.82. The third-order valence-electron chi connectivity index (χ3n) is 4.70. The van der Waals surface area contributed by atoms with Gasteiger partial charge < -0.3 is 9.30 Å². The molecule has 1 aliphatic rings. The second-order valence-corrected chi connectivity index (χ2v) is 6.25. The number of nitrogens with zero attached hydrogens (tertiary/aromatic N) is 5. The maximum Gasteiger partial charge on any atom is 0.0949 e. The Hall–Kier alpha value is -1.66. The van der Waals surface area contributed by atoms with E-state index < -0.39 is 0 Å². The molecule has 0 aliphatic carbocycles. The third-order valence-corrected chi connectivity index (χ3v) is 4.70. The molecule has 6 nitrogen and oxygen atoms in total. The second-order valence-electron chi connectivity index (χ2n) is 6.25. The van der Waals surface area contributed by atoms with Crippen molar-refractivity contribution in [3.8, 4) is 0 Å². The average molecular weight is 317 g/mol. The summed E-state index contributed by atoms with van der Waals surface area (Å²) < 4.78 is 9.44.